The molecule has 110 valence electrons. The predicted molar refractivity (Wildman–Crippen MR) is 78.4 cm³/mol. The molecule has 0 amide bonds. The van der Waals surface area contributed by atoms with Crippen LogP contribution < -0.4 is 0 Å². The van der Waals surface area contributed by atoms with Gasteiger partial charge in [-0.15, -0.1) is 0 Å². The lowest BCUT2D eigenvalue weighted by Crippen LogP contribution is -2.53. The highest BCUT2D eigenvalue weighted by Crippen LogP contribution is 2.68. The molecule has 1 aromatic rings. The summed E-state index contributed by atoms with van der Waals surface area (Å²) >= 11 is 6.27. The fourth-order valence-corrected chi connectivity index (χ4v) is 6.41. The largest absolute Gasteiger partial charge is 0.386 e. The first-order valence-electron chi connectivity index (χ1n) is 7.76. The van der Waals surface area contributed by atoms with Crippen molar-refractivity contribution in [1.29, 1.82) is 0 Å². The zero-order chi connectivity index (χ0) is 14.1. The first-order valence-corrected chi connectivity index (χ1v) is 8.14. The molecular weight excluding hydrogens is 272 g/mol. The van der Waals surface area contributed by atoms with Gasteiger partial charge in [-0.05, 0) is 55.8 Å². The van der Waals surface area contributed by atoms with E-state index in [2.05, 4.69) is 12.0 Å². The van der Waals surface area contributed by atoms with Gasteiger partial charge in [0.2, 0.25) is 0 Å². The summed E-state index contributed by atoms with van der Waals surface area (Å²) in [6, 6.07) is 0. The maximum atomic E-state index is 11.1. The number of hydrogen-bond acceptors (Lipinski definition) is 2. The molecule has 0 aliphatic heterocycles. The minimum atomic E-state index is -0.465. The van der Waals surface area contributed by atoms with Crippen LogP contribution in [0.5, 0.6) is 0 Å². The van der Waals surface area contributed by atoms with E-state index in [1.165, 1.54) is 32.1 Å². The van der Waals surface area contributed by atoms with Crippen LogP contribution in [0.1, 0.15) is 57.2 Å². The molecule has 3 nitrogen and oxygen atoms in total. The smallest absolute Gasteiger partial charge is 0.103 e. The second kappa shape index (κ2) is 4.01. The lowest BCUT2D eigenvalue weighted by molar-refractivity contribution is -0.156. The molecule has 1 aromatic heterocycles. The summed E-state index contributed by atoms with van der Waals surface area (Å²) in [5.41, 5.74) is 1.30. The molecule has 4 heteroatoms. The van der Waals surface area contributed by atoms with Crippen molar-refractivity contribution >= 4 is 11.6 Å². The van der Waals surface area contributed by atoms with Crippen molar-refractivity contribution in [1.82, 2.24) is 9.78 Å². The second-order valence-corrected chi connectivity index (χ2v) is 8.45. The summed E-state index contributed by atoms with van der Waals surface area (Å²) in [4.78, 5) is 0. The molecule has 4 bridgehead atoms. The SMILES string of the molecule is Cn1ncc(Cl)c1C(O)C12CC3CC(CC(C)(C3)C1)C2. The van der Waals surface area contributed by atoms with Crippen LogP contribution in [-0.2, 0) is 7.05 Å². The first kappa shape index (κ1) is 13.1. The topological polar surface area (TPSA) is 38.0 Å². The number of aliphatic hydroxyl groups excluding tert-OH is 1. The lowest BCUT2D eigenvalue weighted by atomic mass is 9.43. The Morgan fingerprint density at radius 1 is 1.35 bits per heavy atom. The standard InChI is InChI=1S/C16H23ClN2O/c1-15-4-10-3-11(5-15)7-16(6-10,9-15)14(20)13-12(17)8-18-19(13)2/h8,10-11,14,20H,3-7,9H2,1-2H3. The van der Waals surface area contributed by atoms with Crippen molar-refractivity contribution in [3.05, 3.63) is 16.9 Å². The van der Waals surface area contributed by atoms with Gasteiger partial charge in [0.15, 0.2) is 0 Å². The number of aromatic nitrogens is 2. The fourth-order valence-electron chi connectivity index (χ4n) is 6.14. The van der Waals surface area contributed by atoms with Gasteiger partial charge in [0.1, 0.15) is 6.10 Å². The molecule has 4 aliphatic rings. The molecule has 20 heavy (non-hydrogen) atoms. The van der Waals surface area contributed by atoms with Crippen molar-refractivity contribution in [3.63, 3.8) is 0 Å². The Labute approximate surface area is 125 Å². The van der Waals surface area contributed by atoms with Crippen molar-refractivity contribution < 1.29 is 5.11 Å². The summed E-state index contributed by atoms with van der Waals surface area (Å²) in [5.74, 6) is 1.62. The van der Waals surface area contributed by atoms with Gasteiger partial charge in [0.05, 0.1) is 16.9 Å². The highest BCUT2D eigenvalue weighted by Gasteiger charge is 2.59. The van der Waals surface area contributed by atoms with Gasteiger partial charge in [-0.3, -0.25) is 4.68 Å². The molecule has 1 N–H and O–H groups in total. The van der Waals surface area contributed by atoms with Crippen LogP contribution in [0.15, 0.2) is 6.20 Å². The number of rotatable bonds is 2. The average Bonchev–Trinajstić information content (AvgIpc) is 2.65. The van der Waals surface area contributed by atoms with Crippen LogP contribution in [0.25, 0.3) is 0 Å². The minimum Gasteiger partial charge on any atom is -0.386 e. The normalized spacial score (nSPS) is 44.0. The van der Waals surface area contributed by atoms with Crippen LogP contribution >= 0.6 is 11.6 Å². The van der Waals surface area contributed by atoms with Crippen LogP contribution in [0.3, 0.4) is 0 Å². The van der Waals surface area contributed by atoms with E-state index < -0.39 is 6.10 Å². The van der Waals surface area contributed by atoms with Gasteiger partial charge in [-0.25, -0.2) is 0 Å². The zero-order valence-electron chi connectivity index (χ0n) is 12.3. The molecule has 4 saturated carbocycles. The highest BCUT2D eigenvalue weighted by molar-refractivity contribution is 6.31. The summed E-state index contributed by atoms with van der Waals surface area (Å²) < 4.78 is 1.76. The molecule has 4 aliphatic carbocycles. The Kier molecular flexibility index (Phi) is 2.64. The second-order valence-electron chi connectivity index (χ2n) is 8.04. The number of hydrogen-bond donors (Lipinski definition) is 1. The van der Waals surface area contributed by atoms with E-state index in [1.807, 2.05) is 7.05 Å². The third-order valence-corrected chi connectivity index (χ3v) is 6.47. The van der Waals surface area contributed by atoms with Crippen molar-refractivity contribution in [2.24, 2.45) is 29.7 Å². The number of aryl methyl sites for hydroxylation is 1. The number of aliphatic hydroxyl groups is 1. The Hall–Kier alpha value is -0.540. The third kappa shape index (κ3) is 1.72. The summed E-state index contributed by atoms with van der Waals surface area (Å²) in [6.07, 6.45) is 8.77. The molecule has 3 atom stereocenters. The van der Waals surface area contributed by atoms with E-state index in [1.54, 1.807) is 10.9 Å². The predicted octanol–water partition coefficient (Wildman–Crippen LogP) is 3.71. The van der Waals surface area contributed by atoms with Crippen LogP contribution in [0, 0.1) is 22.7 Å². The van der Waals surface area contributed by atoms with Crippen LogP contribution in [0.4, 0.5) is 0 Å². The highest BCUT2D eigenvalue weighted by atomic mass is 35.5. The maximum Gasteiger partial charge on any atom is 0.103 e. The minimum absolute atomic E-state index is 0.0380. The van der Waals surface area contributed by atoms with Gasteiger partial charge < -0.3 is 5.11 Å². The molecule has 4 fully saturated rings. The zero-order valence-corrected chi connectivity index (χ0v) is 13.0. The summed E-state index contributed by atoms with van der Waals surface area (Å²) in [7, 11) is 1.88. The Bertz CT molecular complexity index is 519. The Morgan fingerprint density at radius 3 is 2.50 bits per heavy atom. The van der Waals surface area contributed by atoms with Crippen molar-refractivity contribution in [2.45, 2.75) is 51.6 Å². The van der Waals surface area contributed by atoms with Gasteiger partial charge in [0.25, 0.3) is 0 Å². The van der Waals surface area contributed by atoms with Gasteiger partial charge in [0, 0.05) is 12.5 Å². The molecular formula is C16H23ClN2O. The van der Waals surface area contributed by atoms with E-state index in [4.69, 9.17) is 11.6 Å². The lowest BCUT2D eigenvalue weighted by Gasteiger charge is -2.62. The van der Waals surface area contributed by atoms with E-state index in [0.717, 1.165) is 24.0 Å². The average molecular weight is 295 g/mol. The van der Waals surface area contributed by atoms with Gasteiger partial charge >= 0.3 is 0 Å². The molecule has 5 rings (SSSR count). The maximum absolute atomic E-state index is 11.1. The van der Waals surface area contributed by atoms with E-state index in [0.29, 0.717) is 10.4 Å². The van der Waals surface area contributed by atoms with Crippen LogP contribution in [0.2, 0.25) is 5.02 Å². The third-order valence-electron chi connectivity index (χ3n) is 6.18. The molecule has 0 aromatic carbocycles. The monoisotopic (exact) mass is 294 g/mol. The number of nitrogens with zero attached hydrogens (tertiary/aromatic N) is 2. The molecule has 0 saturated heterocycles. The molecule has 0 spiro atoms. The molecule has 1 heterocycles. The molecule has 0 radical (unpaired) electrons. The van der Waals surface area contributed by atoms with Crippen molar-refractivity contribution in [3.8, 4) is 0 Å². The van der Waals surface area contributed by atoms with E-state index >= 15 is 0 Å². The van der Waals surface area contributed by atoms with Crippen molar-refractivity contribution in [2.75, 3.05) is 0 Å². The Balaban J connectivity index is 1.74. The van der Waals surface area contributed by atoms with Gasteiger partial charge in [-0.1, -0.05) is 18.5 Å². The summed E-state index contributed by atoms with van der Waals surface area (Å²) in [5, 5.41) is 15.9. The first-order chi connectivity index (χ1) is 9.41. The van der Waals surface area contributed by atoms with Crippen LogP contribution in [-0.4, -0.2) is 14.9 Å². The quantitative estimate of drug-likeness (QED) is 0.903. The Morgan fingerprint density at radius 2 is 2.00 bits per heavy atom. The fraction of sp³-hybridized carbons (Fsp3) is 0.812. The number of halogens is 1. The van der Waals surface area contributed by atoms with E-state index in [9.17, 15) is 5.11 Å². The summed E-state index contributed by atoms with van der Waals surface area (Å²) in [6.45, 7) is 2.43. The molecule has 3 unspecified atom stereocenters. The van der Waals surface area contributed by atoms with Gasteiger partial charge in [-0.2, -0.15) is 5.10 Å². The van der Waals surface area contributed by atoms with E-state index in [-0.39, 0.29) is 5.41 Å².